The molecule has 0 radical (unpaired) electrons. The van der Waals surface area contributed by atoms with Crippen molar-refractivity contribution in [3.63, 3.8) is 0 Å². The fourth-order valence-corrected chi connectivity index (χ4v) is 4.48. The molecule has 1 saturated heterocycles. The van der Waals surface area contributed by atoms with Gasteiger partial charge in [-0.05, 0) is 51.2 Å². The highest BCUT2D eigenvalue weighted by atomic mass is 16.5. The lowest BCUT2D eigenvalue weighted by Gasteiger charge is -2.40. The summed E-state index contributed by atoms with van der Waals surface area (Å²) in [6.07, 6.45) is 7.10. The number of fused-ring (bicyclic) bond motifs is 1. The average molecular weight is 530 g/mol. The maximum absolute atomic E-state index is 13.0. The maximum atomic E-state index is 13.0. The Morgan fingerprint density at radius 2 is 2.03 bits per heavy atom. The molecule has 2 heterocycles. The second kappa shape index (κ2) is 11.4. The van der Waals surface area contributed by atoms with E-state index in [1.165, 1.54) is 12.4 Å². The summed E-state index contributed by atoms with van der Waals surface area (Å²) in [6, 6.07) is 13.9. The van der Waals surface area contributed by atoms with Crippen LogP contribution in [0.25, 0.3) is 10.9 Å². The van der Waals surface area contributed by atoms with E-state index >= 15 is 0 Å². The predicted molar refractivity (Wildman–Crippen MR) is 151 cm³/mol. The van der Waals surface area contributed by atoms with E-state index in [0.717, 1.165) is 29.3 Å². The molecule has 204 valence electrons. The number of rotatable bonds is 10. The van der Waals surface area contributed by atoms with E-state index in [4.69, 9.17) is 9.47 Å². The van der Waals surface area contributed by atoms with Gasteiger partial charge in [0.05, 0.1) is 29.9 Å². The molecule has 1 saturated carbocycles. The van der Waals surface area contributed by atoms with E-state index in [1.54, 1.807) is 6.08 Å². The van der Waals surface area contributed by atoms with Crippen molar-refractivity contribution in [3.8, 4) is 5.75 Å². The molecule has 2 aliphatic rings. The highest BCUT2D eigenvalue weighted by Crippen LogP contribution is 2.36. The molecular weight excluding hydrogens is 494 g/mol. The third kappa shape index (κ3) is 6.72. The Labute approximate surface area is 228 Å². The largest absolute Gasteiger partial charge is 0.491 e. The Morgan fingerprint density at radius 1 is 1.23 bits per heavy atom. The Morgan fingerprint density at radius 3 is 2.79 bits per heavy atom. The summed E-state index contributed by atoms with van der Waals surface area (Å²) >= 11 is 0. The van der Waals surface area contributed by atoms with Crippen molar-refractivity contribution >= 4 is 34.3 Å². The number of benzene rings is 2. The van der Waals surface area contributed by atoms with Crippen LogP contribution >= 0.6 is 0 Å². The SMILES string of the molecule is C[C@@H](Nc1ncnc2cc(OCC3CC3)c(NC(=O)/C=C/CN3CC(=O)OCC3(C)C)cc12)c1ccccc1. The van der Waals surface area contributed by atoms with Gasteiger partial charge in [0.25, 0.3) is 0 Å². The molecule has 9 heteroatoms. The molecule has 2 aromatic carbocycles. The predicted octanol–water partition coefficient (Wildman–Crippen LogP) is 4.72. The number of morpholine rings is 1. The van der Waals surface area contributed by atoms with Crippen LogP contribution < -0.4 is 15.4 Å². The second-order valence-corrected chi connectivity index (χ2v) is 10.9. The first-order valence-corrected chi connectivity index (χ1v) is 13.4. The van der Waals surface area contributed by atoms with Gasteiger partial charge in [-0.1, -0.05) is 36.4 Å². The van der Waals surface area contributed by atoms with E-state index in [2.05, 4.69) is 39.7 Å². The number of carbonyl (C=O) groups is 2. The van der Waals surface area contributed by atoms with Crippen LogP contribution in [0.1, 0.15) is 45.2 Å². The summed E-state index contributed by atoms with van der Waals surface area (Å²) in [6.45, 7) is 7.68. The number of amides is 1. The molecule has 0 bridgehead atoms. The summed E-state index contributed by atoms with van der Waals surface area (Å²) in [5.41, 5.74) is 2.13. The van der Waals surface area contributed by atoms with Gasteiger partial charge in [-0.2, -0.15) is 0 Å². The van der Waals surface area contributed by atoms with Crippen molar-refractivity contribution in [3.05, 3.63) is 66.5 Å². The molecular formula is C30H35N5O4. The fourth-order valence-electron chi connectivity index (χ4n) is 4.48. The summed E-state index contributed by atoms with van der Waals surface area (Å²) < 4.78 is 11.3. The lowest BCUT2D eigenvalue weighted by Crippen LogP contribution is -2.54. The summed E-state index contributed by atoms with van der Waals surface area (Å²) in [5, 5.41) is 7.25. The standard InChI is InChI=1S/C30H35N5O4/c1-20(22-8-5-4-6-9-22)33-29-23-14-25(26(38-17-21-11-12-21)15-24(23)31-19-32-29)34-27(36)10-7-13-35-16-28(37)39-18-30(35,2)3/h4-10,14-15,19-21H,11-13,16-18H2,1-3H3,(H,34,36)(H,31,32,33)/b10-7+/t20-/m1/s1. The van der Waals surface area contributed by atoms with Crippen LogP contribution in [-0.2, 0) is 14.3 Å². The molecule has 1 aromatic heterocycles. The zero-order chi connectivity index (χ0) is 27.4. The molecule has 0 spiro atoms. The van der Waals surface area contributed by atoms with Crippen molar-refractivity contribution in [2.45, 2.75) is 45.2 Å². The van der Waals surface area contributed by atoms with Gasteiger partial charge in [0.1, 0.15) is 24.5 Å². The number of nitrogens with one attached hydrogen (secondary N) is 2. The van der Waals surface area contributed by atoms with E-state index in [9.17, 15) is 9.59 Å². The molecule has 2 N–H and O–H groups in total. The van der Waals surface area contributed by atoms with Gasteiger partial charge in [-0.25, -0.2) is 9.97 Å². The van der Waals surface area contributed by atoms with Crippen molar-refractivity contribution in [1.82, 2.24) is 14.9 Å². The zero-order valence-electron chi connectivity index (χ0n) is 22.6. The molecule has 39 heavy (non-hydrogen) atoms. The van der Waals surface area contributed by atoms with E-state index < -0.39 is 0 Å². The van der Waals surface area contributed by atoms with Gasteiger partial charge in [0.15, 0.2) is 0 Å². The van der Waals surface area contributed by atoms with Crippen LogP contribution in [0.4, 0.5) is 11.5 Å². The molecule has 1 amide bonds. The number of esters is 1. The first-order chi connectivity index (χ1) is 18.8. The van der Waals surface area contributed by atoms with Crippen LogP contribution in [-0.4, -0.2) is 58.6 Å². The first-order valence-electron chi connectivity index (χ1n) is 13.4. The van der Waals surface area contributed by atoms with E-state index in [1.807, 2.05) is 49.1 Å². The highest BCUT2D eigenvalue weighted by Gasteiger charge is 2.34. The second-order valence-electron chi connectivity index (χ2n) is 10.9. The summed E-state index contributed by atoms with van der Waals surface area (Å²) in [5.74, 6) is 1.27. The number of nitrogens with zero attached hydrogens (tertiary/aromatic N) is 3. The lowest BCUT2D eigenvalue weighted by molar-refractivity contribution is -0.159. The first kappa shape index (κ1) is 26.6. The average Bonchev–Trinajstić information content (AvgIpc) is 3.75. The number of hydrogen-bond donors (Lipinski definition) is 2. The van der Waals surface area contributed by atoms with Gasteiger partial charge in [0, 0.05) is 30.1 Å². The molecule has 5 rings (SSSR count). The van der Waals surface area contributed by atoms with Crippen molar-refractivity contribution in [2.75, 3.05) is 36.9 Å². The third-order valence-electron chi connectivity index (χ3n) is 7.18. The number of ether oxygens (including phenoxy) is 2. The Balaban J connectivity index is 1.36. The minimum absolute atomic E-state index is 0.0207. The molecule has 9 nitrogen and oxygen atoms in total. The lowest BCUT2D eigenvalue weighted by atomic mass is 10.0. The van der Waals surface area contributed by atoms with E-state index in [0.29, 0.717) is 42.9 Å². The summed E-state index contributed by atoms with van der Waals surface area (Å²) in [7, 11) is 0. The zero-order valence-corrected chi connectivity index (χ0v) is 22.6. The third-order valence-corrected chi connectivity index (χ3v) is 7.18. The normalized spacial score (nSPS) is 18.1. The van der Waals surface area contributed by atoms with Crippen molar-refractivity contribution in [1.29, 1.82) is 0 Å². The highest BCUT2D eigenvalue weighted by molar-refractivity contribution is 6.03. The minimum Gasteiger partial charge on any atom is -0.491 e. The number of aromatic nitrogens is 2. The summed E-state index contributed by atoms with van der Waals surface area (Å²) in [4.78, 5) is 35.6. The van der Waals surface area contributed by atoms with Crippen LogP contribution in [0.5, 0.6) is 5.75 Å². The van der Waals surface area contributed by atoms with Gasteiger partial charge in [-0.15, -0.1) is 0 Å². The number of anilines is 2. The molecule has 1 aliphatic heterocycles. The molecule has 1 aliphatic carbocycles. The Bertz CT molecular complexity index is 1370. The minimum atomic E-state index is -0.294. The van der Waals surface area contributed by atoms with E-state index in [-0.39, 0.29) is 30.0 Å². The van der Waals surface area contributed by atoms with Gasteiger partial charge in [0.2, 0.25) is 5.91 Å². The number of hydrogen-bond acceptors (Lipinski definition) is 8. The Hall–Kier alpha value is -3.98. The fraction of sp³-hybridized carbons (Fsp3) is 0.400. The smallest absolute Gasteiger partial charge is 0.320 e. The molecule has 1 atom stereocenters. The molecule has 3 aromatic rings. The van der Waals surface area contributed by atoms with Crippen molar-refractivity contribution < 1.29 is 19.1 Å². The maximum Gasteiger partial charge on any atom is 0.320 e. The number of cyclic esters (lactones) is 1. The monoisotopic (exact) mass is 529 g/mol. The quantitative estimate of drug-likeness (QED) is 0.287. The number of carbonyl (C=O) groups excluding carboxylic acids is 2. The molecule has 2 fully saturated rings. The Kier molecular flexibility index (Phi) is 7.79. The van der Waals surface area contributed by atoms with Gasteiger partial charge in [-0.3, -0.25) is 14.5 Å². The van der Waals surface area contributed by atoms with Crippen LogP contribution in [0, 0.1) is 5.92 Å². The van der Waals surface area contributed by atoms with Gasteiger partial charge < -0.3 is 20.1 Å². The van der Waals surface area contributed by atoms with Gasteiger partial charge >= 0.3 is 5.97 Å². The van der Waals surface area contributed by atoms with Crippen LogP contribution in [0.3, 0.4) is 0 Å². The molecule has 0 unspecified atom stereocenters. The van der Waals surface area contributed by atoms with Crippen LogP contribution in [0.2, 0.25) is 0 Å². The topological polar surface area (TPSA) is 106 Å². The van der Waals surface area contributed by atoms with Crippen molar-refractivity contribution in [2.24, 2.45) is 5.92 Å². The van der Waals surface area contributed by atoms with Crippen LogP contribution in [0.15, 0.2) is 60.9 Å².